The van der Waals surface area contributed by atoms with Crippen molar-refractivity contribution in [1.29, 1.82) is 0 Å². The van der Waals surface area contributed by atoms with E-state index in [1.165, 1.54) is 61.3 Å². The summed E-state index contributed by atoms with van der Waals surface area (Å²) in [6.45, 7) is 2.27. The van der Waals surface area contributed by atoms with Gasteiger partial charge in [0.05, 0.1) is 0 Å². The normalized spacial score (nSPS) is 17.1. The number of hydrogen-bond donors (Lipinski definition) is 0. The van der Waals surface area contributed by atoms with Gasteiger partial charge in [-0.05, 0) is 63.1 Å². The maximum Gasteiger partial charge on any atom is 0.213 e. The lowest BCUT2D eigenvalue weighted by Gasteiger charge is -2.42. The van der Waals surface area contributed by atoms with Crippen LogP contribution < -0.4 is 4.57 Å². The van der Waals surface area contributed by atoms with Crippen LogP contribution in [0.5, 0.6) is 0 Å². The molecular formula is C33H26N+. The third-order valence-electron chi connectivity index (χ3n) is 7.82. The molecule has 0 amide bonds. The molecule has 162 valence electrons. The van der Waals surface area contributed by atoms with E-state index in [1.54, 1.807) is 0 Å². The van der Waals surface area contributed by atoms with Crippen LogP contribution in [-0.2, 0) is 7.05 Å². The van der Waals surface area contributed by atoms with Gasteiger partial charge < -0.3 is 0 Å². The Hall–Kier alpha value is -3.97. The second kappa shape index (κ2) is 7.27. The summed E-state index contributed by atoms with van der Waals surface area (Å²) >= 11 is 0. The van der Waals surface area contributed by atoms with E-state index in [4.69, 9.17) is 0 Å². The lowest BCUT2D eigenvalue weighted by Crippen LogP contribution is -2.31. The first kappa shape index (κ1) is 19.5. The molecule has 0 saturated heterocycles. The van der Waals surface area contributed by atoms with Gasteiger partial charge in [-0.2, -0.15) is 0 Å². The highest BCUT2D eigenvalue weighted by Gasteiger charge is 2.41. The van der Waals surface area contributed by atoms with Crippen LogP contribution in [0.25, 0.3) is 22.4 Å². The molecular weight excluding hydrogens is 410 g/mol. The molecule has 8 rings (SSSR count). The molecule has 2 bridgehead atoms. The van der Waals surface area contributed by atoms with Crippen molar-refractivity contribution in [2.45, 2.75) is 18.8 Å². The van der Waals surface area contributed by atoms with Gasteiger partial charge in [0.2, 0.25) is 5.69 Å². The highest BCUT2D eigenvalue weighted by Crippen LogP contribution is 2.56. The summed E-state index contributed by atoms with van der Waals surface area (Å²) in [6, 6.07) is 38.3. The molecule has 0 atom stereocenters. The Morgan fingerprint density at radius 2 is 1.06 bits per heavy atom. The lowest BCUT2D eigenvalue weighted by molar-refractivity contribution is -0.660. The first-order chi connectivity index (χ1) is 16.7. The minimum absolute atomic E-state index is 0.300. The summed E-state index contributed by atoms with van der Waals surface area (Å²) in [5.41, 5.74) is 15.2. The van der Waals surface area contributed by atoms with Crippen molar-refractivity contribution >= 4 is 0 Å². The molecule has 5 aromatic rings. The van der Waals surface area contributed by atoms with E-state index >= 15 is 0 Å². The molecule has 0 saturated carbocycles. The molecule has 1 heteroatoms. The Morgan fingerprint density at radius 3 is 1.65 bits per heavy atom. The van der Waals surface area contributed by atoms with E-state index in [1.807, 2.05) is 0 Å². The lowest BCUT2D eigenvalue weighted by atomic mass is 9.60. The molecule has 3 aliphatic carbocycles. The number of rotatable bonds is 2. The fourth-order valence-corrected chi connectivity index (χ4v) is 6.25. The van der Waals surface area contributed by atoms with Crippen LogP contribution in [0.1, 0.15) is 50.8 Å². The zero-order valence-electron chi connectivity index (χ0n) is 19.5. The minimum Gasteiger partial charge on any atom is -0.201 e. The highest BCUT2D eigenvalue weighted by atomic mass is 14.9. The third-order valence-corrected chi connectivity index (χ3v) is 7.82. The van der Waals surface area contributed by atoms with Crippen LogP contribution in [0.15, 0.2) is 109 Å². The smallest absolute Gasteiger partial charge is 0.201 e. The minimum atomic E-state index is 0.300. The maximum absolute atomic E-state index is 2.48. The molecule has 0 N–H and O–H groups in total. The van der Waals surface area contributed by atoms with E-state index in [0.29, 0.717) is 11.8 Å². The van der Waals surface area contributed by atoms with Crippen LogP contribution in [0.3, 0.4) is 0 Å². The van der Waals surface area contributed by atoms with Gasteiger partial charge >= 0.3 is 0 Å². The summed E-state index contributed by atoms with van der Waals surface area (Å²) < 4.78 is 2.25. The van der Waals surface area contributed by atoms with Crippen LogP contribution in [0.4, 0.5) is 0 Å². The molecule has 34 heavy (non-hydrogen) atoms. The van der Waals surface area contributed by atoms with Crippen LogP contribution in [-0.4, -0.2) is 0 Å². The molecule has 0 radical (unpaired) electrons. The molecule has 1 heterocycles. The van der Waals surface area contributed by atoms with Crippen molar-refractivity contribution in [3.8, 4) is 22.4 Å². The van der Waals surface area contributed by atoms with Gasteiger partial charge in [0.15, 0.2) is 6.20 Å². The number of aryl methyl sites for hydroxylation is 2. The Kier molecular flexibility index (Phi) is 4.17. The maximum atomic E-state index is 2.48. The fourth-order valence-electron chi connectivity index (χ4n) is 6.25. The standard InChI is InChI=1S/C33H26N/c1-21-18-29-30(20-28(21)31-19-23(16-17-34(31)2)22-10-4-3-5-11-22)33-26-14-8-6-12-24(26)32(29)25-13-7-9-15-27(25)33/h3-20,32-33H,1-2H3/q+1. The Labute approximate surface area is 201 Å². The van der Waals surface area contributed by atoms with E-state index in [9.17, 15) is 0 Å². The second-order valence-corrected chi connectivity index (χ2v) is 9.70. The molecule has 0 spiro atoms. The number of hydrogen-bond acceptors (Lipinski definition) is 0. The van der Waals surface area contributed by atoms with E-state index in [0.717, 1.165) is 0 Å². The average Bonchev–Trinajstić information content (AvgIpc) is 2.89. The molecule has 0 fully saturated rings. The summed E-state index contributed by atoms with van der Waals surface area (Å²) in [7, 11) is 2.15. The first-order valence-corrected chi connectivity index (χ1v) is 12.1. The largest absolute Gasteiger partial charge is 0.213 e. The van der Waals surface area contributed by atoms with E-state index in [2.05, 4.69) is 128 Å². The van der Waals surface area contributed by atoms with Crippen LogP contribution in [0.2, 0.25) is 0 Å². The van der Waals surface area contributed by atoms with Crippen molar-refractivity contribution in [1.82, 2.24) is 0 Å². The molecule has 1 aromatic heterocycles. The van der Waals surface area contributed by atoms with E-state index < -0.39 is 0 Å². The Bertz CT molecular complexity index is 1530. The predicted octanol–water partition coefficient (Wildman–Crippen LogP) is 7.14. The number of benzene rings is 4. The molecule has 1 nitrogen and oxygen atoms in total. The van der Waals surface area contributed by atoms with Gasteiger partial charge in [-0.3, -0.25) is 0 Å². The zero-order valence-corrected chi connectivity index (χ0v) is 19.5. The van der Waals surface area contributed by atoms with Crippen molar-refractivity contribution in [2.24, 2.45) is 7.05 Å². The van der Waals surface area contributed by atoms with Crippen molar-refractivity contribution in [2.75, 3.05) is 0 Å². The van der Waals surface area contributed by atoms with Gasteiger partial charge in [-0.25, -0.2) is 4.57 Å². The number of nitrogens with zero attached hydrogens (tertiary/aromatic N) is 1. The van der Waals surface area contributed by atoms with Gasteiger partial charge in [-0.15, -0.1) is 0 Å². The molecule has 4 aromatic carbocycles. The molecule has 0 unspecified atom stereocenters. The quantitative estimate of drug-likeness (QED) is 0.254. The van der Waals surface area contributed by atoms with Gasteiger partial charge in [0.25, 0.3) is 0 Å². The molecule has 3 aliphatic rings. The van der Waals surface area contributed by atoms with Gasteiger partial charge in [0, 0.05) is 29.5 Å². The van der Waals surface area contributed by atoms with Gasteiger partial charge in [0.1, 0.15) is 7.05 Å². The fraction of sp³-hybridized carbons (Fsp3) is 0.121. The third kappa shape index (κ3) is 2.70. The van der Waals surface area contributed by atoms with Crippen molar-refractivity contribution < 1.29 is 4.57 Å². The van der Waals surface area contributed by atoms with Crippen LogP contribution >= 0.6 is 0 Å². The summed E-state index contributed by atoms with van der Waals surface area (Å²) in [5, 5.41) is 0. The topological polar surface area (TPSA) is 3.88 Å². The zero-order chi connectivity index (χ0) is 22.8. The summed E-state index contributed by atoms with van der Waals surface area (Å²) in [5.74, 6) is 0.624. The SMILES string of the molecule is Cc1cc2c(cc1-c1cc(-c3ccccc3)cc[n+]1C)C1c3ccccc3C2c2ccccc21. The second-order valence-electron chi connectivity index (χ2n) is 9.70. The van der Waals surface area contributed by atoms with E-state index in [-0.39, 0.29) is 0 Å². The monoisotopic (exact) mass is 436 g/mol. The Morgan fingerprint density at radius 1 is 0.529 bits per heavy atom. The highest BCUT2D eigenvalue weighted by molar-refractivity contribution is 5.75. The Balaban J connectivity index is 1.45. The number of pyridine rings is 1. The van der Waals surface area contributed by atoms with Gasteiger partial charge in [-0.1, -0.05) is 84.9 Å². The average molecular weight is 437 g/mol. The molecule has 0 aliphatic heterocycles. The van der Waals surface area contributed by atoms with Crippen molar-refractivity contribution in [3.05, 3.63) is 148 Å². The summed E-state index contributed by atoms with van der Waals surface area (Å²) in [6.07, 6.45) is 2.19. The first-order valence-electron chi connectivity index (χ1n) is 12.1. The predicted molar refractivity (Wildman–Crippen MR) is 138 cm³/mol. The summed E-state index contributed by atoms with van der Waals surface area (Å²) in [4.78, 5) is 0. The van der Waals surface area contributed by atoms with Crippen LogP contribution in [0, 0.1) is 6.92 Å². The van der Waals surface area contributed by atoms with Crippen molar-refractivity contribution in [3.63, 3.8) is 0 Å². The number of aromatic nitrogens is 1.